The molecule has 0 aromatic carbocycles. The highest BCUT2D eigenvalue weighted by Crippen LogP contribution is 2.61. The zero-order valence-electron chi connectivity index (χ0n) is 12.5. The third-order valence-corrected chi connectivity index (χ3v) is 5.80. The zero-order chi connectivity index (χ0) is 22.5. The summed E-state index contributed by atoms with van der Waals surface area (Å²) in [5.74, 6) is -43.1. The lowest BCUT2D eigenvalue weighted by Gasteiger charge is -2.41. The van der Waals surface area contributed by atoms with Crippen LogP contribution in [0.25, 0.3) is 0 Å². The fourth-order valence-corrected chi connectivity index (χ4v) is 2.99. The largest absolute Gasteiger partial charge is 0.384 e. The molecule has 0 nitrogen and oxygen atoms in total. The van der Waals surface area contributed by atoms with E-state index in [-0.39, 0.29) is 0 Å². The van der Waals surface area contributed by atoms with Gasteiger partial charge in [-0.3, -0.25) is 0 Å². The van der Waals surface area contributed by atoms with Gasteiger partial charge in [-0.05, 0) is 13.0 Å². The second-order valence-electron chi connectivity index (χ2n) is 5.36. The van der Waals surface area contributed by atoms with Crippen LogP contribution in [0.3, 0.4) is 0 Å². The molecule has 0 rings (SSSR count). The normalized spacial score (nSPS) is 17.2. The summed E-state index contributed by atoms with van der Waals surface area (Å²) in [6, 6.07) is -5.67. The smallest absolute Gasteiger partial charge is 0.241 e. The molecule has 0 aliphatic rings. The molecule has 0 radical (unpaired) electrons. The molecule has 0 aliphatic heterocycles. The van der Waals surface area contributed by atoms with E-state index in [2.05, 4.69) is 0 Å². The van der Waals surface area contributed by atoms with Crippen LogP contribution in [0.15, 0.2) is 0 Å². The molecule has 17 heteroatoms. The van der Waals surface area contributed by atoms with Gasteiger partial charge in [-0.15, -0.1) is 33.2 Å². The molecule has 1 atom stereocenters. The average Bonchev–Trinajstić information content (AvgIpc) is 2.43. The van der Waals surface area contributed by atoms with E-state index < -0.39 is 67.1 Å². The Morgan fingerprint density at radius 3 is 1.30 bits per heavy atom. The van der Waals surface area contributed by atoms with Crippen LogP contribution >= 0.6 is 33.2 Å². The molecule has 0 aliphatic carbocycles. The van der Waals surface area contributed by atoms with Crippen molar-refractivity contribution in [2.45, 2.75) is 61.1 Å². The molecule has 0 aromatic heterocycles. The van der Waals surface area contributed by atoms with Crippen LogP contribution in [0.4, 0.5) is 57.1 Å². The highest BCUT2D eigenvalue weighted by Gasteiger charge is 2.90. The number of alkyl halides is 13. The Bertz CT molecular complexity index is 529. The van der Waals surface area contributed by atoms with Crippen LogP contribution in [0, 0.1) is 0 Å². The highest BCUT2D eigenvalue weighted by atomic mass is 35.8. The van der Waals surface area contributed by atoms with Crippen LogP contribution in [0.5, 0.6) is 0 Å². The molecule has 0 saturated carbocycles. The molecule has 164 valence electrons. The molecular formula is C10H8Cl3F13Si. The van der Waals surface area contributed by atoms with E-state index in [4.69, 9.17) is 33.2 Å². The van der Waals surface area contributed by atoms with Gasteiger partial charge in [-0.1, -0.05) is 0 Å². The van der Waals surface area contributed by atoms with Crippen molar-refractivity contribution in [3.05, 3.63) is 0 Å². The van der Waals surface area contributed by atoms with E-state index in [1.807, 2.05) is 0 Å². The van der Waals surface area contributed by atoms with Gasteiger partial charge in [-0.25, -0.2) is 4.39 Å². The molecule has 0 amide bonds. The van der Waals surface area contributed by atoms with Gasteiger partial charge in [-0.2, -0.15) is 52.7 Å². The predicted molar refractivity (Wildman–Crippen MR) is 73.0 cm³/mol. The molecule has 0 aromatic rings. The van der Waals surface area contributed by atoms with Crippen LogP contribution in [0.1, 0.15) is 13.3 Å². The van der Waals surface area contributed by atoms with Gasteiger partial charge in [0.1, 0.15) is 0 Å². The van der Waals surface area contributed by atoms with Gasteiger partial charge in [0.05, 0.1) is 0 Å². The molecule has 0 heterocycles. The standard InChI is InChI=1S/C10H8Cl3F13Si/c1-4(14)6(17,18)8(21,22)10(25,26)9(23,24)7(19,20)5(15,16)2-3-27(11,12)13/h4H,2-3H2,1H3. The van der Waals surface area contributed by atoms with E-state index >= 15 is 0 Å². The second-order valence-corrected chi connectivity index (χ2v) is 14.6. The lowest BCUT2D eigenvalue weighted by molar-refractivity contribution is -0.428. The van der Waals surface area contributed by atoms with Crippen molar-refractivity contribution >= 4 is 39.2 Å². The van der Waals surface area contributed by atoms with Gasteiger partial charge < -0.3 is 0 Å². The summed E-state index contributed by atoms with van der Waals surface area (Å²) in [7, 11) is 0. The Hall–Kier alpha value is 0.177. The summed E-state index contributed by atoms with van der Waals surface area (Å²) in [6.07, 6.45) is -6.69. The first kappa shape index (κ1) is 27.2. The van der Waals surface area contributed by atoms with E-state index in [9.17, 15) is 57.1 Å². The van der Waals surface area contributed by atoms with Gasteiger partial charge >= 0.3 is 41.5 Å². The Balaban J connectivity index is 6.20. The van der Waals surface area contributed by atoms with E-state index in [0.29, 0.717) is 0 Å². The first-order chi connectivity index (χ1) is 11.4. The molecular weight excluding hydrogens is 502 g/mol. The monoisotopic (exact) mass is 508 g/mol. The van der Waals surface area contributed by atoms with Crippen molar-refractivity contribution in [1.82, 2.24) is 0 Å². The van der Waals surface area contributed by atoms with Crippen molar-refractivity contribution in [1.29, 1.82) is 0 Å². The fourth-order valence-electron chi connectivity index (χ4n) is 1.54. The van der Waals surface area contributed by atoms with Crippen molar-refractivity contribution < 1.29 is 57.1 Å². The van der Waals surface area contributed by atoms with Gasteiger partial charge in [0.25, 0.3) is 0 Å². The number of hydrogen-bond acceptors (Lipinski definition) is 0. The minimum Gasteiger partial charge on any atom is -0.241 e. The van der Waals surface area contributed by atoms with Gasteiger partial charge in [0, 0.05) is 6.42 Å². The molecule has 0 fully saturated rings. The minimum absolute atomic E-state index is 0.458. The predicted octanol–water partition coefficient (Wildman–Crippen LogP) is 7.20. The lowest BCUT2D eigenvalue weighted by Crippen LogP contribution is -2.71. The summed E-state index contributed by atoms with van der Waals surface area (Å²) in [5, 5.41) is 0. The Labute approximate surface area is 158 Å². The third-order valence-electron chi connectivity index (χ3n) is 3.28. The maximum absolute atomic E-state index is 13.4. The average molecular weight is 510 g/mol. The third kappa shape index (κ3) is 4.52. The second kappa shape index (κ2) is 7.46. The summed E-state index contributed by atoms with van der Waals surface area (Å²) in [6.45, 7) is -0.458. The lowest BCUT2D eigenvalue weighted by atomic mass is 9.89. The summed E-state index contributed by atoms with van der Waals surface area (Å²) >= 11 is 15.2. The number of rotatable bonds is 9. The molecule has 0 N–H and O–H groups in total. The summed E-state index contributed by atoms with van der Waals surface area (Å²) < 4.78 is 172. The van der Waals surface area contributed by atoms with E-state index in [1.54, 1.807) is 0 Å². The van der Waals surface area contributed by atoms with Crippen LogP contribution < -0.4 is 0 Å². The first-order valence-electron chi connectivity index (χ1n) is 6.38. The van der Waals surface area contributed by atoms with E-state index in [0.717, 1.165) is 0 Å². The van der Waals surface area contributed by atoms with Crippen molar-refractivity contribution in [3.8, 4) is 0 Å². The fraction of sp³-hybridized carbons (Fsp3) is 1.00. The number of halogens is 16. The first-order valence-corrected chi connectivity index (χ1v) is 11.6. The topological polar surface area (TPSA) is 0 Å². The quantitative estimate of drug-likeness (QED) is 0.175. The maximum atomic E-state index is 13.4. The molecule has 0 bridgehead atoms. The molecule has 1 unspecified atom stereocenters. The Morgan fingerprint density at radius 2 is 1.00 bits per heavy atom. The number of hydrogen-bond donors (Lipinski definition) is 0. The minimum atomic E-state index is -7.80. The van der Waals surface area contributed by atoms with Crippen molar-refractivity contribution in [2.24, 2.45) is 0 Å². The van der Waals surface area contributed by atoms with Gasteiger partial charge in [0.15, 0.2) is 6.17 Å². The molecule has 0 saturated heterocycles. The maximum Gasteiger partial charge on any atom is 0.384 e. The van der Waals surface area contributed by atoms with E-state index in [1.165, 1.54) is 0 Å². The van der Waals surface area contributed by atoms with Crippen LogP contribution in [-0.4, -0.2) is 47.7 Å². The Morgan fingerprint density at radius 1 is 0.667 bits per heavy atom. The highest BCUT2D eigenvalue weighted by molar-refractivity contribution is 7.64. The summed E-state index contributed by atoms with van der Waals surface area (Å²) in [5.41, 5.74) is 0. The zero-order valence-corrected chi connectivity index (χ0v) is 15.8. The van der Waals surface area contributed by atoms with Gasteiger partial charge in [0.2, 0.25) is 0 Å². The molecule has 0 spiro atoms. The van der Waals surface area contributed by atoms with Crippen LogP contribution in [0.2, 0.25) is 6.04 Å². The van der Waals surface area contributed by atoms with Crippen molar-refractivity contribution in [3.63, 3.8) is 0 Å². The SMILES string of the molecule is CC(F)C(F)(F)C(F)(F)C(F)(F)C(F)(F)C(F)(F)C(F)(F)CC[Si](Cl)(Cl)Cl. The molecule has 27 heavy (non-hydrogen) atoms. The summed E-state index contributed by atoms with van der Waals surface area (Å²) in [4.78, 5) is 0. The van der Waals surface area contributed by atoms with Crippen LogP contribution in [-0.2, 0) is 0 Å². The van der Waals surface area contributed by atoms with Crippen molar-refractivity contribution in [2.75, 3.05) is 0 Å². The Kier molecular flexibility index (Phi) is 7.50.